The van der Waals surface area contributed by atoms with Crippen molar-refractivity contribution >= 4 is 10.0 Å². The van der Waals surface area contributed by atoms with Crippen LogP contribution in [-0.2, 0) is 10.0 Å². The molecule has 110 valence electrons. The molecular formula is C12H22N2O4S. The van der Waals surface area contributed by atoms with Gasteiger partial charge in [-0.15, -0.1) is 0 Å². The molecular weight excluding hydrogens is 268 g/mol. The summed E-state index contributed by atoms with van der Waals surface area (Å²) in [6.45, 7) is 5.60. The number of aliphatic hydroxyl groups excluding tert-OH is 1. The van der Waals surface area contributed by atoms with Gasteiger partial charge in [-0.25, -0.2) is 13.1 Å². The van der Waals surface area contributed by atoms with E-state index in [1.807, 2.05) is 6.92 Å². The lowest BCUT2D eigenvalue weighted by Gasteiger charge is -2.15. The maximum absolute atomic E-state index is 12.2. The number of nitrogens with zero attached hydrogens (tertiary/aromatic N) is 1. The fourth-order valence-electron chi connectivity index (χ4n) is 2.10. The van der Waals surface area contributed by atoms with Crippen molar-refractivity contribution in [3.8, 4) is 0 Å². The van der Waals surface area contributed by atoms with Gasteiger partial charge in [0.25, 0.3) is 0 Å². The standard InChI is InChI=1S/C12H22N2O4S/c1-4-5-11(6-7-15)8-13-19(16,17)12-9(2)14-18-10(12)3/h11,13,15H,4-8H2,1-3H3. The van der Waals surface area contributed by atoms with Crippen LogP contribution in [0.3, 0.4) is 0 Å². The molecule has 1 unspecified atom stereocenters. The van der Waals surface area contributed by atoms with E-state index in [1.165, 1.54) is 0 Å². The molecule has 1 atom stereocenters. The van der Waals surface area contributed by atoms with Gasteiger partial charge in [0, 0.05) is 13.2 Å². The third-order valence-electron chi connectivity index (χ3n) is 3.03. The Morgan fingerprint density at radius 1 is 1.37 bits per heavy atom. The molecule has 0 fully saturated rings. The molecule has 1 rings (SSSR count). The number of rotatable bonds is 8. The van der Waals surface area contributed by atoms with Gasteiger partial charge < -0.3 is 9.63 Å². The zero-order valence-corrected chi connectivity index (χ0v) is 12.5. The number of hydrogen-bond donors (Lipinski definition) is 2. The second-order valence-corrected chi connectivity index (χ2v) is 6.38. The first-order valence-corrected chi connectivity index (χ1v) is 7.94. The maximum atomic E-state index is 12.2. The highest BCUT2D eigenvalue weighted by Gasteiger charge is 2.24. The topological polar surface area (TPSA) is 92.4 Å². The number of sulfonamides is 1. The lowest BCUT2D eigenvalue weighted by molar-refractivity contribution is 0.251. The van der Waals surface area contributed by atoms with E-state index >= 15 is 0 Å². The minimum absolute atomic E-state index is 0.0672. The smallest absolute Gasteiger partial charge is 0.245 e. The van der Waals surface area contributed by atoms with Crippen LogP contribution in [0.5, 0.6) is 0 Å². The average molecular weight is 290 g/mol. The highest BCUT2D eigenvalue weighted by atomic mass is 32.2. The molecule has 0 amide bonds. The molecule has 0 aliphatic heterocycles. The predicted molar refractivity (Wildman–Crippen MR) is 71.3 cm³/mol. The summed E-state index contributed by atoms with van der Waals surface area (Å²) in [7, 11) is -3.60. The minimum atomic E-state index is -3.60. The lowest BCUT2D eigenvalue weighted by atomic mass is 10.0. The van der Waals surface area contributed by atoms with E-state index in [4.69, 9.17) is 9.63 Å². The second kappa shape index (κ2) is 7.02. The van der Waals surface area contributed by atoms with Crippen molar-refractivity contribution in [2.24, 2.45) is 5.92 Å². The molecule has 0 aromatic carbocycles. The van der Waals surface area contributed by atoms with Crippen LogP contribution in [0.4, 0.5) is 0 Å². The van der Waals surface area contributed by atoms with Crippen molar-refractivity contribution in [1.82, 2.24) is 9.88 Å². The van der Waals surface area contributed by atoms with Gasteiger partial charge in [0.05, 0.1) is 0 Å². The molecule has 0 saturated carbocycles. The van der Waals surface area contributed by atoms with Crippen LogP contribution in [0, 0.1) is 19.8 Å². The van der Waals surface area contributed by atoms with Crippen molar-refractivity contribution in [2.45, 2.75) is 44.9 Å². The van der Waals surface area contributed by atoms with Gasteiger partial charge in [-0.3, -0.25) is 0 Å². The molecule has 0 saturated heterocycles. The fourth-order valence-corrected chi connectivity index (χ4v) is 3.54. The van der Waals surface area contributed by atoms with Crippen LogP contribution < -0.4 is 4.72 Å². The van der Waals surface area contributed by atoms with E-state index in [0.717, 1.165) is 12.8 Å². The molecule has 0 aliphatic carbocycles. The van der Waals surface area contributed by atoms with E-state index in [0.29, 0.717) is 24.4 Å². The third-order valence-corrected chi connectivity index (χ3v) is 4.70. The van der Waals surface area contributed by atoms with Gasteiger partial charge in [0.15, 0.2) is 5.76 Å². The van der Waals surface area contributed by atoms with Crippen LogP contribution in [0.1, 0.15) is 37.6 Å². The molecule has 6 nitrogen and oxygen atoms in total. The summed E-state index contributed by atoms with van der Waals surface area (Å²) >= 11 is 0. The van der Waals surface area contributed by atoms with Gasteiger partial charge in [-0.05, 0) is 32.6 Å². The molecule has 1 aromatic rings. The molecule has 1 aromatic heterocycles. The summed E-state index contributed by atoms with van der Waals surface area (Å²) in [5.74, 6) is 0.435. The van der Waals surface area contributed by atoms with Gasteiger partial charge in [0.2, 0.25) is 10.0 Å². The number of aryl methyl sites for hydroxylation is 2. The number of nitrogens with one attached hydrogen (secondary N) is 1. The van der Waals surface area contributed by atoms with Gasteiger partial charge in [-0.2, -0.15) is 0 Å². The Morgan fingerprint density at radius 2 is 2.05 bits per heavy atom. The normalized spacial score (nSPS) is 13.7. The predicted octanol–water partition coefficient (Wildman–Crippen LogP) is 1.37. The summed E-state index contributed by atoms with van der Waals surface area (Å²) in [6.07, 6.45) is 2.43. The number of aliphatic hydroxyl groups is 1. The zero-order valence-electron chi connectivity index (χ0n) is 11.6. The van der Waals surface area contributed by atoms with E-state index < -0.39 is 10.0 Å². The van der Waals surface area contributed by atoms with Gasteiger partial charge >= 0.3 is 0 Å². The van der Waals surface area contributed by atoms with Crippen molar-refractivity contribution in [3.05, 3.63) is 11.5 Å². The molecule has 0 aliphatic rings. The molecule has 19 heavy (non-hydrogen) atoms. The molecule has 0 radical (unpaired) electrons. The van der Waals surface area contributed by atoms with E-state index in [9.17, 15) is 8.42 Å². The summed E-state index contributed by atoms with van der Waals surface area (Å²) in [6, 6.07) is 0. The number of aromatic nitrogens is 1. The quantitative estimate of drug-likeness (QED) is 0.754. The van der Waals surface area contributed by atoms with Crippen molar-refractivity contribution < 1.29 is 18.0 Å². The van der Waals surface area contributed by atoms with Crippen molar-refractivity contribution in [1.29, 1.82) is 0 Å². The molecule has 2 N–H and O–H groups in total. The first kappa shape index (κ1) is 16.1. The molecule has 0 spiro atoms. The van der Waals surface area contributed by atoms with Crippen LogP contribution in [0.2, 0.25) is 0 Å². The Bertz CT molecular complexity index is 470. The van der Waals surface area contributed by atoms with E-state index in [1.54, 1.807) is 13.8 Å². The Kier molecular flexibility index (Phi) is 5.96. The molecule has 0 bridgehead atoms. The Balaban J connectivity index is 2.75. The van der Waals surface area contributed by atoms with Crippen LogP contribution in [0.25, 0.3) is 0 Å². The molecule has 1 heterocycles. The minimum Gasteiger partial charge on any atom is -0.396 e. The lowest BCUT2D eigenvalue weighted by Crippen LogP contribution is -2.30. The van der Waals surface area contributed by atoms with E-state index in [-0.39, 0.29) is 17.4 Å². The van der Waals surface area contributed by atoms with Crippen molar-refractivity contribution in [3.63, 3.8) is 0 Å². The monoisotopic (exact) mass is 290 g/mol. The van der Waals surface area contributed by atoms with Crippen LogP contribution in [0.15, 0.2) is 9.42 Å². The second-order valence-electron chi connectivity index (χ2n) is 4.67. The third kappa shape index (κ3) is 4.29. The Hall–Kier alpha value is -0.920. The van der Waals surface area contributed by atoms with Gasteiger partial charge in [-0.1, -0.05) is 18.5 Å². The van der Waals surface area contributed by atoms with Crippen LogP contribution >= 0.6 is 0 Å². The Morgan fingerprint density at radius 3 is 2.53 bits per heavy atom. The highest BCUT2D eigenvalue weighted by Crippen LogP contribution is 2.19. The van der Waals surface area contributed by atoms with Gasteiger partial charge in [0.1, 0.15) is 10.6 Å². The van der Waals surface area contributed by atoms with Crippen LogP contribution in [-0.4, -0.2) is 31.8 Å². The molecule has 7 heteroatoms. The first-order chi connectivity index (χ1) is 8.92. The van der Waals surface area contributed by atoms with E-state index in [2.05, 4.69) is 9.88 Å². The highest BCUT2D eigenvalue weighted by molar-refractivity contribution is 7.89. The zero-order chi connectivity index (χ0) is 14.5. The summed E-state index contributed by atoms with van der Waals surface area (Å²) in [4.78, 5) is 0.117. The summed E-state index contributed by atoms with van der Waals surface area (Å²) < 4.78 is 31.8. The maximum Gasteiger partial charge on any atom is 0.245 e. The number of hydrogen-bond acceptors (Lipinski definition) is 5. The largest absolute Gasteiger partial charge is 0.396 e. The fraction of sp³-hybridized carbons (Fsp3) is 0.750. The summed E-state index contributed by atoms with van der Waals surface area (Å²) in [5, 5.41) is 12.6. The SMILES string of the molecule is CCCC(CCO)CNS(=O)(=O)c1c(C)noc1C. The average Bonchev–Trinajstić information content (AvgIpc) is 2.67. The van der Waals surface area contributed by atoms with Crippen molar-refractivity contribution in [2.75, 3.05) is 13.2 Å². The first-order valence-electron chi connectivity index (χ1n) is 6.45. The summed E-state index contributed by atoms with van der Waals surface area (Å²) in [5.41, 5.74) is 0.360. The Labute approximate surface area is 114 Å².